The van der Waals surface area contributed by atoms with Gasteiger partial charge in [0.15, 0.2) is 17.1 Å². The van der Waals surface area contributed by atoms with E-state index in [0.717, 1.165) is 17.2 Å². The Morgan fingerprint density at radius 3 is 2.47 bits per heavy atom. The molecule has 0 saturated heterocycles. The Morgan fingerprint density at radius 1 is 1.10 bits per heavy atom. The minimum atomic E-state index is -0.271. The van der Waals surface area contributed by atoms with E-state index in [1.54, 1.807) is 31.4 Å². The Bertz CT molecular complexity index is 1020. The largest absolute Gasteiger partial charge is 0.497 e. The normalized spacial score (nSPS) is 11.8. The molecule has 3 rings (SSSR count). The summed E-state index contributed by atoms with van der Waals surface area (Å²) in [5.41, 5.74) is 3.12. The van der Waals surface area contributed by atoms with Crippen LogP contribution >= 0.6 is 11.8 Å². The minimum absolute atomic E-state index is 0.117. The van der Waals surface area contributed by atoms with Crippen molar-refractivity contribution in [3.8, 4) is 11.5 Å². The van der Waals surface area contributed by atoms with Crippen LogP contribution in [0.15, 0.2) is 47.6 Å². The summed E-state index contributed by atoms with van der Waals surface area (Å²) in [6, 6.07) is 13.2. The number of aryl methyl sites for hydroxylation is 2. The zero-order valence-electron chi connectivity index (χ0n) is 17.8. The number of rotatable bonds is 8. The number of methoxy groups -OCH3 is 1. The highest BCUT2D eigenvalue weighted by atomic mass is 32.2. The van der Waals surface area contributed by atoms with Crippen LogP contribution in [0.2, 0.25) is 0 Å². The van der Waals surface area contributed by atoms with Crippen LogP contribution in [-0.4, -0.2) is 33.5 Å². The summed E-state index contributed by atoms with van der Waals surface area (Å²) in [5.74, 6) is 2.35. The maximum atomic E-state index is 12.2. The Balaban J connectivity index is 1.57. The molecule has 0 radical (unpaired) electrons. The first-order valence-corrected chi connectivity index (χ1v) is 10.6. The summed E-state index contributed by atoms with van der Waals surface area (Å²) in [7, 11) is 3.48. The molecule has 1 N–H and O–H groups in total. The smallest absolute Gasteiger partial charge is 0.234 e. The second-order valence-corrected chi connectivity index (χ2v) is 7.91. The van der Waals surface area contributed by atoms with Gasteiger partial charge in [0.1, 0.15) is 11.5 Å². The second kappa shape index (κ2) is 9.67. The monoisotopic (exact) mass is 426 g/mol. The van der Waals surface area contributed by atoms with E-state index in [2.05, 4.69) is 29.4 Å². The van der Waals surface area contributed by atoms with Crippen molar-refractivity contribution in [2.75, 3.05) is 18.2 Å². The van der Waals surface area contributed by atoms with Crippen LogP contribution < -0.4 is 14.8 Å². The Kier molecular flexibility index (Phi) is 6.99. The topological polar surface area (TPSA) is 78.3 Å². The van der Waals surface area contributed by atoms with E-state index in [0.29, 0.717) is 11.0 Å². The van der Waals surface area contributed by atoms with Crippen LogP contribution in [0.5, 0.6) is 11.5 Å². The van der Waals surface area contributed by atoms with E-state index in [-0.39, 0.29) is 17.8 Å². The highest BCUT2D eigenvalue weighted by Gasteiger charge is 2.18. The summed E-state index contributed by atoms with van der Waals surface area (Å²) < 4.78 is 13.0. The van der Waals surface area contributed by atoms with Gasteiger partial charge in [0, 0.05) is 12.7 Å². The van der Waals surface area contributed by atoms with Gasteiger partial charge in [0.2, 0.25) is 5.91 Å². The number of carbonyl (C=O) groups excluding carboxylic acids is 1. The van der Waals surface area contributed by atoms with Crippen molar-refractivity contribution in [2.45, 2.75) is 32.0 Å². The maximum absolute atomic E-state index is 12.2. The molecular weight excluding hydrogens is 400 g/mol. The quantitative estimate of drug-likeness (QED) is 0.541. The van der Waals surface area contributed by atoms with E-state index in [9.17, 15) is 4.79 Å². The number of carbonyl (C=O) groups is 1. The molecule has 1 atom stereocenters. The molecule has 1 unspecified atom stereocenters. The second-order valence-electron chi connectivity index (χ2n) is 6.97. The van der Waals surface area contributed by atoms with Crippen LogP contribution in [0.25, 0.3) is 0 Å². The molecule has 0 fully saturated rings. The predicted octanol–water partition coefficient (Wildman–Crippen LogP) is 4.31. The number of thioether (sulfide) groups is 1. The van der Waals surface area contributed by atoms with Gasteiger partial charge in [-0.2, -0.15) is 0 Å². The van der Waals surface area contributed by atoms with Crippen molar-refractivity contribution in [1.82, 2.24) is 14.8 Å². The van der Waals surface area contributed by atoms with Gasteiger partial charge in [-0.3, -0.25) is 4.79 Å². The van der Waals surface area contributed by atoms with E-state index < -0.39 is 0 Å². The zero-order chi connectivity index (χ0) is 21.7. The molecule has 0 aliphatic carbocycles. The van der Waals surface area contributed by atoms with Gasteiger partial charge in [0.05, 0.1) is 12.9 Å². The average Bonchev–Trinajstić information content (AvgIpc) is 3.10. The van der Waals surface area contributed by atoms with Gasteiger partial charge in [-0.1, -0.05) is 17.8 Å². The van der Waals surface area contributed by atoms with Crippen molar-refractivity contribution in [2.24, 2.45) is 7.05 Å². The number of nitrogens with one attached hydrogen (secondary N) is 1. The molecule has 0 spiro atoms. The van der Waals surface area contributed by atoms with Crippen molar-refractivity contribution in [3.05, 3.63) is 59.4 Å². The maximum Gasteiger partial charge on any atom is 0.234 e. The number of ether oxygens (including phenoxy) is 2. The van der Waals surface area contributed by atoms with E-state index in [1.165, 1.54) is 22.9 Å². The lowest BCUT2D eigenvalue weighted by molar-refractivity contribution is -0.113. The molecule has 0 aliphatic heterocycles. The summed E-state index contributed by atoms with van der Waals surface area (Å²) in [6.07, 6.45) is -0.271. The molecule has 7 nitrogen and oxygen atoms in total. The van der Waals surface area contributed by atoms with Crippen LogP contribution in [0.1, 0.15) is 30.0 Å². The number of hydrogen-bond donors (Lipinski definition) is 1. The molecule has 3 aromatic rings. The number of amides is 1. The standard InChI is InChI=1S/C22H26N4O3S/c1-14-6-9-19(12-15(14)2)29-16(3)21-24-25-22(26(21)4)30-13-20(27)23-17-7-10-18(28-5)11-8-17/h6-12,16H,13H2,1-5H3,(H,23,27). The Hall–Kier alpha value is -3.00. The molecular formula is C22H26N4O3S. The van der Waals surface area contributed by atoms with Crippen molar-refractivity contribution in [1.29, 1.82) is 0 Å². The fourth-order valence-corrected chi connectivity index (χ4v) is 3.57. The summed E-state index contributed by atoms with van der Waals surface area (Å²) in [5, 5.41) is 12.0. The third-order valence-electron chi connectivity index (χ3n) is 4.73. The molecule has 158 valence electrons. The first kappa shape index (κ1) is 21.7. The average molecular weight is 427 g/mol. The summed E-state index contributed by atoms with van der Waals surface area (Å²) in [6.45, 7) is 6.06. The zero-order valence-corrected chi connectivity index (χ0v) is 18.6. The predicted molar refractivity (Wildman–Crippen MR) is 118 cm³/mol. The molecule has 1 aromatic heterocycles. The highest BCUT2D eigenvalue weighted by molar-refractivity contribution is 7.99. The number of nitrogens with zero attached hydrogens (tertiary/aromatic N) is 3. The first-order valence-electron chi connectivity index (χ1n) is 9.57. The molecule has 30 heavy (non-hydrogen) atoms. The SMILES string of the molecule is COc1ccc(NC(=O)CSc2nnc(C(C)Oc3ccc(C)c(C)c3)n2C)cc1. The first-order chi connectivity index (χ1) is 14.4. The van der Waals surface area contributed by atoms with Crippen LogP contribution in [0.3, 0.4) is 0 Å². The fourth-order valence-electron chi connectivity index (χ4n) is 2.85. The molecule has 1 amide bonds. The van der Waals surface area contributed by atoms with Crippen molar-refractivity contribution in [3.63, 3.8) is 0 Å². The number of anilines is 1. The summed E-state index contributed by atoms with van der Waals surface area (Å²) in [4.78, 5) is 12.2. The lowest BCUT2D eigenvalue weighted by atomic mass is 10.1. The van der Waals surface area contributed by atoms with Crippen LogP contribution in [-0.2, 0) is 11.8 Å². The molecule has 0 saturated carbocycles. The van der Waals surface area contributed by atoms with Crippen molar-refractivity contribution < 1.29 is 14.3 Å². The molecule has 1 heterocycles. The fraction of sp³-hybridized carbons (Fsp3) is 0.318. The Labute approximate surface area is 180 Å². The van der Waals surface area contributed by atoms with Crippen LogP contribution in [0.4, 0.5) is 5.69 Å². The van der Waals surface area contributed by atoms with Gasteiger partial charge >= 0.3 is 0 Å². The van der Waals surface area contributed by atoms with Crippen molar-refractivity contribution >= 4 is 23.4 Å². The van der Waals surface area contributed by atoms with E-state index >= 15 is 0 Å². The molecule has 0 aliphatic rings. The third-order valence-corrected chi connectivity index (χ3v) is 5.75. The van der Waals surface area contributed by atoms with E-state index in [1.807, 2.05) is 36.7 Å². The van der Waals surface area contributed by atoms with E-state index in [4.69, 9.17) is 9.47 Å². The lowest BCUT2D eigenvalue weighted by Gasteiger charge is -2.15. The molecule has 0 bridgehead atoms. The number of aromatic nitrogens is 3. The summed E-state index contributed by atoms with van der Waals surface area (Å²) >= 11 is 1.33. The van der Waals surface area contributed by atoms with Gasteiger partial charge in [-0.25, -0.2) is 0 Å². The lowest BCUT2D eigenvalue weighted by Crippen LogP contribution is -2.14. The third kappa shape index (κ3) is 5.33. The van der Waals surface area contributed by atoms with Gasteiger partial charge in [-0.15, -0.1) is 10.2 Å². The van der Waals surface area contributed by atoms with Crippen LogP contribution in [0, 0.1) is 13.8 Å². The van der Waals surface area contributed by atoms with Gasteiger partial charge in [-0.05, 0) is 68.3 Å². The molecule has 2 aromatic carbocycles. The van der Waals surface area contributed by atoms with Gasteiger partial charge < -0.3 is 19.4 Å². The minimum Gasteiger partial charge on any atom is -0.497 e. The number of hydrogen-bond acceptors (Lipinski definition) is 6. The van der Waals surface area contributed by atoms with Gasteiger partial charge in [0.25, 0.3) is 0 Å². The number of benzene rings is 2. The molecule has 8 heteroatoms. The highest BCUT2D eigenvalue weighted by Crippen LogP contribution is 2.25. The Morgan fingerprint density at radius 2 is 1.80 bits per heavy atom.